The summed E-state index contributed by atoms with van der Waals surface area (Å²) in [6, 6.07) is 14.3. The van der Waals surface area contributed by atoms with Crippen molar-refractivity contribution in [3.8, 4) is 11.3 Å². The predicted molar refractivity (Wildman–Crippen MR) is 55.0 cm³/mol. The van der Waals surface area contributed by atoms with Crippen LogP contribution in [0.3, 0.4) is 0 Å². The van der Waals surface area contributed by atoms with E-state index in [0.29, 0.717) is 0 Å². The fraction of sp³-hybridized carbons (Fsp3) is 0. The molecule has 3 rings (SSSR count). The summed E-state index contributed by atoms with van der Waals surface area (Å²) in [5.41, 5.74) is 3.36. The molecule has 0 atom stereocenters. The first kappa shape index (κ1) is 7.38. The molecule has 0 aliphatic heterocycles. The number of nitrogens with zero attached hydrogens (tertiary/aromatic N) is 2. The van der Waals surface area contributed by atoms with Gasteiger partial charge in [0.05, 0.1) is 17.4 Å². The zero-order valence-electron chi connectivity index (χ0n) is 7.51. The molecule has 0 amide bonds. The Balaban J connectivity index is 2.19. The van der Waals surface area contributed by atoms with Crippen LogP contribution in [-0.2, 0) is 0 Å². The molecule has 0 saturated heterocycles. The van der Waals surface area contributed by atoms with Crippen LogP contribution in [0.4, 0.5) is 0 Å². The van der Waals surface area contributed by atoms with Gasteiger partial charge in [-0.25, -0.2) is 0 Å². The first-order valence-corrected chi connectivity index (χ1v) is 4.52. The quantitative estimate of drug-likeness (QED) is 0.617. The van der Waals surface area contributed by atoms with Gasteiger partial charge < -0.3 is 0 Å². The Labute approximate surface area is 81.0 Å². The molecule has 0 fully saturated rings. The van der Waals surface area contributed by atoms with Crippen molar-refractivity contribution < 1.29 is 0 Å². The smallest absolute Gasteiger partial charge is 0.0871 e. The lowest BCUT2D eigenvalue weighted by atomic mass is 10.1. The largest absolute Gasteiger partial charge is 0.277 e. The Morgan fingerprint density at radius 2 is 1.93 bits per heavy atom. The monoisotopic (exact) mass is 183 g/mol. The van der Waals surface area contributed by atoms with Gasteiger partial charge in [0.2, 0.25) is 0 Å². The van der Waals surface area contributed by atoms with Gasteiger partial charge in [0.25, 0.3) is 0 Å². The van der Waals surface area contributed by atoms with Crippen LogP contribution in [0.15, 0.2) is 48.7 Å². The number of fused-ring (bicyclic) bond motifs is 1. The van der Waals surface area contributed by atoms with E-state index in [1.807, 2.05) is 24.3 Å². The van der Waals surface area contributed by atoms with Crippen molar-refractivity contribution >= 4 is 5.52 Å². The van der Waals surface area contributed by atoms with Crippen molar-refractivity contribution in [1.29, 1.82) is 0 Å². The average molecular weight is 183 g/mol. The van der Waals surface area contributed by atoms with Gasteiger partial charge in [-0.2, -0.15) is 9.73 Å². The molecule has 1 N–H and O–H groups in total. The van der Waals surface area contributed by atoms with E-state index < -0.39 is 0 Å². The number of benzene rings is 1. The Morgan fingerprint density at radius 3 is 2.71 bits per heavy atom. The second-order valence-corrected chi connectivity index (χ2v) is 3.20. The van der Waals surface area contributed by atoms with Gasteiger partial charge in [0.1, 0.15) is 0 Å². The number of rotatable bonds is 1. The summed E-state index contributed by atoms with van der Waals surface area (Å²) in [6.07, 6.45) is 1.78. The highest BCUT2D eigenvalue weighted by Gasteiger charge is 2.01. The molecule has 2 aromatic heterocycles. The number of nitrogens with one attached hydrogen (secondary N) is 1. The van der Waals surface area contributed by atoms with Crippen LogP contribution in [-0.4, -0.2) is 14.8 Å². The third-order valence-corrected chi connectivity index (χ3v) is 2.28. The number of aromatic amines is 1. The minimum atomic E-state index is 1.09. The normalized spacial score (nSPS) is 10.9. The van der Waals surface area contributed by atoms with Gasteiger partial charge in [0.15, 0.2) is 0 Å². The molecule has 0 radical (unpaired) electrons. The summed E-state index contributed by atoms with van der Waals surface area (Å²) in [5, 5.41) is 7.32. The highest BCUT2D eigenvalue weighted by atomic mass is 15.4. The molecule has 3 heteroatoms. The molecule has 2 heterocycles. The van der Waals surface area contributed by atoms with Crippen molar-refractivity contribution in [3.63, 3.8) is 0 Å². The highest BCUT2D eigenvalue weighted by Crippen LogP contribution is 2.18. The molecule has 0 bridgehead atoms. The van der Waals surface area contributed by atoms with E-state index in [0.717, 1.165) is 11.2 Å². The fourth-order valence-corrected chi connectivity index (χ4v) is 1.58. The van der Waals surface area contributed by atoms with E-state index in [1.165, 1.54) is 5.56 Å². The number of H-pyrrole nitrogens is 1. The first-order chi connectivity index (χ1) is 6.93. The summed E-state index contributed by atoms with van der Waals surface area (Å²) in [5.74, 6) is 0. The van der Waals surface area contributed by atoms with Crippen LogP contribution in [0.2, 0.25) is 0 Å². The van der Waals surface area contributed by atoms with Gasteiger partial charge in [-0.1, -0.05) is 30.3 Å². The van der Waals surface area contributed by atoms with Crippen molar-refractivity contribution in [2.75, 3.05) is 0 Å². The number of hydrogen-bond donors (Lipinski definition) is 1. The van der Waals surface area contributed by atoms with Crippen LogP contribution >= 0.6 is 0 Å². The molecule has 3 nitrogen and oxygen atoms in total. The number of hydrogen-bond acceptors (Lipinski definition) is 1. The SMILES string of the molecule is c1ccc(-c2cc3ccnn3[nH]2)cc1. The summed E-state index contributed by atoms with van der Waals surface area (Å²) in [6.45, 7) is 0. The Hall–Kier alpha value is -2.03. The van der Waals surface area contributed by atoms with Crippen LogP contribution in [0, 0.1) is 0 Å². The molecule has 0 saturated carbocycles. The molecule has 68 valence electrons. The Kier molecular flexibility index (Phi) is 1.44. The molecule has 1 aromatic carbocycles. The van der Waals surface area contributed by atoms with E-state index in [-0.39, 0.29) is 0 Å². The Morgan fingerprint density at radius 1 is 1.07 bits per heavy atom. The summed E-state index contributed by atoms with van der Waals surface area (Å²) < 4.78 is 1.77. The standard InChI is InChI=1S/C11H9N3/c1-2-4-9(5-3-1)11-8-10-6-7-12-14(10)13-11/h1-8,13H. The van der Waals surface area contributed by atoms with Gasteiger partial charge in [-0.15, -0.1) is 0 Å². The minimum absolute atomic E-state index is 1.09. The predicted octanol–water partition coefficient (Wildman–Crippen LogP) is 2.33. The van der Waals surface area contributed by atoms with E-state index in [4.69, 9.17) is 0 Å². The summed E-state index contributed by atoms with van der Waals surface area (Å²) >= 11 is 0. The fourth-order valence-electron chi connectivity index (χ4n) is 1.58. The molecule has 3 aromatic rings. The van der Waals surface area contributed by atoms with Gasteiger partial charge in [0, 0.05) is 0 Å². The van der Waals surface area contributed by atoms with E-state index in [9.17, 15) is 0 Å². The van der Waals surface area contributed by atoms with Crippen LogP contribution < -0.4 is 0 Å². The van der Waals surface area contributed by atoms with E-state index in [2.05, 4.69) is 28.4 Å². The zero-order valence-corrected chi connectivity index (χ0v) is 7.51. The van der Waals surface area contributed by atoms with Crippen LogP contribution in [0.25, 0.3) is 16.8 Å². The third-order valence-electron chi connectivity index (χ3n) is 2.28. The van der Waals surface area contributed by atoms with Crippen LogP contribution in [0.5, 0.6) is 0 Å². The average Bonchev–Trinajstić information content (AvgIpc) is 2.78. The maximum absolute atomic E-state index is 4.13. The lowest BCUT2D eigenvalue weighted by Gasteiger charge is -1.94. The molecule has 0 spiro atoms. The van der Waals surface area contributed by atoms with Gasteiger partial charge in [-0.05, 0) is 17.7 Å². The highest BCUT2D eigenvalue weighted by molar-refractivity contribution is 5.65. The maximum atomic E-state index is 4.13. The molecular formula is C11H9N3. The third kappa shape index (κ3) is 1.03. The second kappa shape index (κ2) is 2.73. The van der Waals surface area contributed by atoms with E-state index in [1.54, 1.807) is 10.8 Å². The Bertz CT molecular complexity index is 519. The summed E-state index contributed by atoms with van der Waals surface area (Å²) in [7, 11) is 0. The van der Waals surface area contributed by atoms with Crippen molar-refractivity contribution in [2.24, 2.45) is 0 Å². The molecular weight excluding hydrogens is 174 g/mol. The topological polar surface area (TPSA) is 33.1 Å². The lowest BCUT2D eigenvalue weighted by Crippen LogP contribution is -1.85. The van der Waals surface area contributed by atoms with Crippen molar-refractivity contribution in [2.45, 2.75) is 0 Å². The molecule has 0 aliphatic carbocycles. The molecule has 0 unspecified atom stereocenters. The summed E-state index contributed by atoms with van der Waals surface area (Å²) in [4.78, 5) is 0. The molecule has 0 aliphatic rings. The van der Waals surface area contributed by atoms with Crippen molar-refractivity contribution in [1.82, 2.24) is 14.8 Å². The van der Waals surface area contributed by atoms with Gasteiger partial charge in [-0.3, -0.25) is 5.10 Å². The van der Waals surface area contributed by atoms with Crippen LogP contribution in [0.1, 0.15) is 0 Å². The minimum Gasteiger partial charge on any atom is -0.277 e. The van der Waals surface area contributed by atoms with E-state index >= 15 is 0 Å². The zero-order chi connectivity index (χ0) is 9.38. The van der Waals surface area contributed by atoms with Gasteiger partial charge >= 0.3 is 0 Å². The lowest BCUT2D eigenvalue weighted by molar-refractivity contribution is 0.825. The second-order valence-electron chi connectivity index (χ2n) is 3.20. The first-order valence-electron chi connectivity index (χ1n) is 4.52. The number of aromatic nitrogens is 3. The van der Waals surface area contributed by atoms with Crippen molar-refractivity contribution in [3.05, 3.63) is 48.7 Å². The molecule has 14 heavy (non-hydrogen) atoms. The maximum Gasteiger partial charge on any atom is 0.0871 e.